The van der Waals surface area contributed by atoms with Crippen LogP contribution >= 0.6 is 0 Å². The van der Waals surface area contributed by atoms with Crippen molar-refractivity contribution in [3.63, 3.8) is 0 Å². The van der Waals surface area contributed by atoms with E-state index in [4.69, 9.17) is 16.9 Å². The zero-order valence-electron chi connectivity index (χ0n) is 9.32. The molecule has 0 saturated heterocycles. The number of carbonyl (C=O) groups is 1. The Morgan fingerprint density at radius 1 is 1.56 bits per heavy atom. The van der Waals surface area contributed by atoms with Crippen molar-refractivity contribution < 1.29 is 9.53 Å². The van der Waals surface area contributed by atoms with E-state index in [-0.39, 0.29) is 5.78 Å². The second-order valence-electron chi connectivity index (χ2n) is 3.43. The topological polar surface area (TPSA) is 52.3 Å². The Labute approximate surface area is 95.6 Å². The number of anilines is 1. The summed E-state index contributed by atoms with van der Waals surface area (Å²) in [6, 6.07) is 5.06. The quantitative estimate of drug-likeness (QED) is 0.356. The van der Waals surface area contributed by atoms with Crippen molar-refractivity contribution in [2.45, 2.75) is 19.3 Å². The lowest BCUT2D eigenvalue weighted by Gasteiger charge is -2.06. The molecule has 0 aliphatic heterocycles. The molecule has 0 saturated carbocycles. The van der Waals surface area contributed by atoms with Crippen LogP contribution in [-0.2, 0) is 0 Å². The van der Waals surface area contributed by atoms with Crippen molar-refractivity contribution >= 4 is 11.5 Å². The molecule has 1 aromatic rings. The maximum absolute atomic E-state index is 11.8. The van der Waals surface area contributed by atoms with E-state index >= 15 is 0 Å². The number of hydrogen-bond acceptors (Lipinski definition) is 3. The number of benzene rings is 1. The summed E-state index contributed by atoms with van der Waals surface area (Å²) in [5.41, 5.74) is 6.75. The minimum Gasteiger partial charge on any atom is -0.497 e. The Hall–Kier alpha value is -1.95. The van der Waals surface area contributed by atoms with Gasteiger partial charge < -0.3 is 10.5 Å². The van der Waals surface area contributed by atoms with Gasteiger partial charge in [0.25, 0.3) is 0 Å². The lowest BCUT2D eigenvalue weighted by Crippen LogP contribution is -2.03. The summed E-state index contributed by atoms with van der Waals surface area (Å²) in [4.78, 5) is 11.8. The number of ketones is 1. The van der Waals surface area contributed by atoms with Crippen LogP contribution in [0.4, 0.5) is 5.69 Å². The summed E-state index contributed by atoms with van der Waals surface area (Å²) in [6.07, 6.45) is 6.86. The Bertz CT molecular complexity index is 418. The van der Waals surface area contributed by atoms with Gasteiger partial charge in [-0.1, -0.05) is 0 Å². The van der Waals surface area contributed by atoms with E-state index in [1.807, 2.05) is 0 Å². The molecule has 0 bridgehead atoms. The van der Waals surface area contributed by atoms with Gasteiger partial charge in [0, 0.05) is 30.2 Å². The van der Waals surface area contributed by atoms with E-state index in [2.05, 4.69) is 5.92 Å². The van der Waals surface area contributed by atoms with Gasteiger partial charge in [0.15, 0.2) is 5.78 Å². The third kappa shape index (κ3) is 3.03. The normalized spacial score (nSPS) is 9.50. The fraction of sp³-hybridized carbons (Fsp3) is 0.308. The third-order valence-electron chi connectivity index (χ3n) is 2.28. The van der Waals surface area contributed by atoms with Crippen LogP contribution in [0.2, 0.25) is 0 Å². The highest BCUT2D eigenvalue weighted by molar-refractivity contribution is 6.00. The first-order valence-corrected chi connectivity index (χ1v) is 5.09. The van der Waals surface area contributed by atoms with Crippen LogP contribution in [0.3, 0.4) is 0 Å². The van der Waals surface area contributed by atoms with Gasteiger partial charge in [0.2, 0.25) is 0 Å². The average molecular weight is 217 g/mol. The van der Waals surface area contributed by atoms with Crippen molar-refractivity contribution in [2.24, 2.45) is 0 Å². The number of nitrogens with two attached hydrogens (primary N) is 1. The third-order valence-corrected chi connectivity index (χ3v) is 2.28. The fourth-order valence-corrected chi connectivity index (χ4v) is 1.41. The molecule has 1 rings (SSSR count). The first-order chi connectivity index (χ1) is 7.69. The molecule has 16 heavy (non-hydrogen) atoms. The molecular formula is C13H15NO2. The second kappa shape index (κ2) is 5.82. The molecule has 0 fully saturated rings. The van der Waals surface area contributed by atoms with E-state index in [1.165, 1.54) is 0 Å². The Kier molecular flexibility index (Phi) is 4.41. The number of carbonyl (C=O) groups excluding carboxylic acids is 1. The number of methoxy groups -OCH3 is 1. The summed E-state index contributed by atoms with van der Waals surface area (Å²) >= 11 is 0. The van der Waals surface area contributed by atoms with Gasteiger partial charge in [-0.25, -0.2) is 0 Å². The van der Waals surface area contributed by atoms with Crippen LogP contribution in [0, 0.1) is 12.3 Å². The minimum absolute atomic E-state index is 0.0235. The lowest BCUT2D eigenvalue weighted by molar-refractivity contribution is 0.0981. The van der Waals surface area contributed by atoms with Crippen LogP contribution in [0.5, 0.6) is 5.75 Å². The van der Waals surface area contributed by atoms with E-state index in [0.717, 1.165) is 0 Å². The molecule has 0 unspecified atom stereocenters. The number of hydrogen-bond donors (Lipinski definition) is 1. The van der Waals surface area contributed by atoms with Crippen molar-refractivity contribution in [1.82, 2.24) is 0 Å². The molecule has 0 spiro atoms. The van der Waals surface area contributed by atoms with E-state index < -0.39 is 0 Å². The molecule has 0 radical (unpaired) electrons. The van der Waals surface area contributed by atoms with Crippen LogP contribution < -0.4 is 10.5 Å². The highest BCUT2D eigenvalue weighted by Gasteiger charge is 2.09. The summed E-state index contributed by atoms with van der Waals surface area (Å²) in [7, 11) is 1.56. The van der Waals surface area contributed by atoms with Crippen molar-refractivity contribution in [3.8, 4) is 18.1 Å². The second-order valence-corrected chi connectivity index (χ2v) is 3.43. The molecule has 0 atom stereocenters. The molecule has 0 heterocycles. The number of nitrogen functional groups attached to an aromatic ring is 1. The molecule has 3 nitrogen and oxygen atoms in total. The largest absolute Gasteiger partial charge is 0.497 e. The predicted octanol–water partition coefficient (Wildman–Crippen LogP) is 2.26. The average Bonchev–Trinajstić information content (AvgIpc) is 2.29. The van der Waals surface area contributed by atoms with Gasteiger partial charge in [0.1, 0.15) is 5.75 Å². The smallest absolute Gasteiger partial charge is 0.164 e. The van der Waals surface area contributed by atoms with Gasteiger partial charge in [-0.3, -0.25) is 4.79 Å². The van der Waals surface area contributed by atoms with Crippen LogP contribution in [0.25, 0.3) is 0 Å². The summed E-state index contributed by atoms with van der Waals surface area (Å²) in [6.45, 7) is 0. The lowest BCUT2D eigenvalue weighted by atomic mass is 10.0. The number of Topliss-reactive ketones (excluding diaryl/α,β-unsaturated/α-hetero) is 1. The molecule has 2 N–H and O–H groups in total. The SMILES string of the molecule is C#CCCCC(=O)c1ccc(OC)cc1N. The van der Waals surface area contributed by atoms with Gasteiger partial charge in [-0.05, 0) is 18.6 Å². The predicted molar refractivity (Wildman–Crippen MR) is 64.4 cm³/mol. The number of terminal acetylenes is 1. The molecular weight excluding hydrogens is 202 g/mol. The Balaban J connectivity index is 2.73. The standard InChI is InChI=1S/C13H15NO2/c1-3-4-5-6-13(15)11-8-7-10(16-2)9-12(11)14/h1,7-9H,4-6,14H2,2H3. The molecule has 3 heteroatoms. The van der Waals surface area contributed by atoms with E-state index in [0.29, 0.717) is 36.3 Å². The summed E-state index contributed by atoms with van der Waals surface area (Å²) in [5, 5.41) is 0. The Morgan fingerprint density at radius 2 is 2.31 bits per heavy atom. The molecule has 1 aromatic carbocycles. The van der Waals surface area contributed by atoms with Gasteiger partial charge in [0.05, 0.1) is 7.11 Å². The molecule has 0 aliphatic rings. The monoisotopic (exact) mass is 217 g/mol. The summed E-state index contributed by atoms with van der Waals surface area (Å²) in [5.74, 6) is 3.18. The first kappa shape index (κ1) is 12.1. The Morgan fingerprint density at radius 3 is 2.88 bits per heavy atom. The zero-order chi connectivity index (χ0) is 12.0. The van der Waals surface area contributed by atoms with E-state index in [9.17, 15) is 4.79 Å². The fourth-order valence-electron chi connectivity index (χ4n) is 1.41. The molecule has 0 aliphatic carbocycles. The van der Waals surface area contributed by atoms with Crippen LogP contribution in [0.15, 0.2) is 18.2 Å². The highest BCUT2D eigenvalue weighted by atomic mass is 16.5. The maximum atomic E-state index is 11.8. The molecule has 0 aromatic heterocycles. The number of ether oxygens (including phenoxy) is 1. The minimum atomic E-state index is 0.0235. The van der Waals surface area contributed by atoms with Gasteiger partial charge in [-0.2, -0.15) is 0 Å². The van der Waals surface area contributed by atoms with Crippen LogP contribution in [-0.4, -0.2) is 12.9 Å². The molecule has 0 amide bonds. The first-order valence-electron chi connectivity index (χ1n) is 5.09. The number of unbranched alkanes of at least 4 members (excludes halogenated alkanes) is 1. The number of rotatable bonds is 5. The zero-order valence-corrected chi connectivity index (χ0v) is 9.32. The van der Waals surface area contributed by atoms with E-state index in [1.54, 1.807) is 25.3 Å². The van der Waals surface area contributed by atoms with Crippen LogP contribution in [0.1, 0.15) is 29.6 Å². The maximum Gasteiger partial charge on any atom is 0.164 e. The van der Waals surface area contributed by atoms with Crippen molar-refractivity contribution in [1.29, 1.82) is 0 Å². The van der Waals surface area contributed by atoms with Crippen molar-refractivity contribution in [2.75, 3.05) is 12.8 Å². The summed E-state index contributed by atoms with van der Waals surface area (Å²) < 4.78 is 5.01. The highest BCUT2D eigenvalue weighted by Crippen LogP contribution is 2.21. The van der Waals surface area contributed by atoms with Gasteiger partial charge >= 0.3 is 0 Å². The van der Waals surface area contributed by atoms with Crippen molar-refractivity contribution in [3.05, 3.63) is 23.8 Å². The van der Waals surface area contributed by atoms with Gasteiger partial charge in [-0.15, -0.1) is 12.3 Å². The molecule has 84 valence electrons.